The molecule has 0 aliphatic heterocycles. The molecule has 5 nitrogen and oxygen atoms in total. The summed E-state index contributed by atoms with van der Waals surface area (Å²) in [6, 6.07) is 0.763. The van der Waals surface area contributed by atoms with Crippen molar-refractivity contribution >= 4 is 6.09 Å². The van der Waals surface area contributed by atoms with Gasteiger partial charge in [0.15, 0.2) is 0 Å². The van der Waals surface area contributed by atoms with E-state index in [2.05, 4.69) is 31.0 Å². The number of ether oxygens (including phenoxy) is 1. The molecule has 0 aliphatic carbocycles. The molecular weight excluding hydrogens is 278 g/mol. The second kappa shape index (κ2) is 10.8. The molecule has 0 fully saturated rings. The van der Waals surface area contributed by atoms with Crippen molar-refractivity contribution in [1.29, 1.82) is 0 Å². The van der Waals surface area contributed by atoms with E-state index in [9.17, 15) is 4.79 Å². The first-order valence-corrected chi connectivity index (χ1v) is 8.64. The normalized spacial score (nSPS) is 13.5. The predicted octanol–water partition coefficient (Wildman–Crippen LogP) is 3.13. The van der Waals surface area contributed by atoms with E-state index in [4.69, 9.17) is 10.5 Å². The molecule has 5 heteroatoms. The Bertz CT molecular complexity index is 301. The highest BCUT2D eigenvalue weighted by atomic mass is 16.6. The van der Waals surface area contributed by atoms with Gasteiger partial charge in [-0.1, -0.05) is 19.8 Å². The molecule has 0 aliphatic rings. The van der Waals surface area contributed by atoms with Crippen molar-refractivity contribution in [3.8, 4) is 0 Å². The lowest BCUT2D eigenvalue weighted by Crippen LogP contribution is -2.47. The van der Waals surface area contributed by atoms with Gasteiger partial charge in [0, 0.05) is 25.2 Å². The third-order valence-corrected chi connectivity index (χ3v) is 3.57. The van der Waals surface area contributed by atoms with E-state index < -0.39 is 5.60 Å². The standard InChI is InChI=1S/C17H37N3O2/c1-7-8-9-12-20(14(2)3)15(13-18)10-11-19-16(21)22-17(4,5)6/h14-15H,7-13,18H2,1-6H3,(H,19,21). The molecule has 0 radical (unpaired) electrons. The molecule has 0 rings (SSSR count). The zero-order chi connectivity index (χ0) is 17.2. The number of nitrogens with two attached hydrogens (primary N) is 1. The van der Waals surface area contributed by atoms with Crippen LogP contribution in [0, 0.1) is 0 Å². The van der Waals surface area contributed by atoms with Gasteiger partial charge in [0.1, 0.15) is 5.60 Å². The van der Waals surface area contributed by atoms with Crippen molar-refractivity contribution in [2.24, 2.45) is 5.73 Å². The van der Waals surface area contributed by atoms with Gasteiger partial charge in [0.05, 0.1) is 0 Å². The van der Waals surface area contributed by atoms with Gasteiger partial charge >= 0.3 is 6.09 Å². The van der Waals surface area contributed by atoms with Gasteiger partial charge in [-0.3, -0.25) is 4.90 Å². The SMILES string of the molecule is CCCCCN(C(C)C)C(CN)CCNC(=O)OC(C)(C)C. The van der Waals surface area contributed by atoms with Crippen LogP contribution in [-0.4, -0.2) is 48.3 Å². The van der Waals surface area contributed by atoms with Crippen LogP contribution in [0.15, 0.2) is 0 Å². The van der Waals surface area contributed by atoms with E-state index in [0.29, 0.717) is 25.2 Å². The molecular formula is C17H37N3O2. The Morgan fingerprint density at radius 2 is 1.91 bits per heavy atom. The summed E-state index contributed by atoms with van der Waals surface area (Å²) in [5.41, 5.74) is 5.49. The van der Waals surface area contributed by atoms with E-state index in [-0.39, 0.29) is 6.09 Å². The maximum atomic E-state index is 11.7. The van der Waals surface area contributed by atoms with Crippen LogP contribution in [0.1, 0.15) is 67.2 Å². The maximum absolute atomic E-state index is 11.7. The third-order valence-electron chi connectivity index (χ3n) is 3.57. The summed E-state index contributed by atoms with van der Waals surface area (Å²) in [4.78, 5) is 14.1. The molecule has 0 saturated carbocycles. The molecule has 3 N–H and O–H groups in total. The van der Waals surface area contributed by atoms with Gasteiger partial charge in [0.2, 0.25) is 0 Å². The fourth-order valence-electron chi connectivity index (χ4n) is 2.48. The summed E-state index contributed by atoms with van der Waals surface area (Å²) < 4.78 is 5.25. The minimum absolute atomic E-state index is 0.298. The van der Waals surface area contributed by atoms with Crippen LogP contribution in [0.4, 0.5) is 4.79 Å². The number of hydrogen-bond donors (Lipinski definition) is 2. The number of rotatable bonds is 10. The number of alkyl carbamates (subject to hydrolysis) is 1. The molecule has 0 aromatic heterocycles. The number of carbonyl (C=O) groups is 1. The summed E-state index contributed by atoms with van der Waals surface area (Å²) in [6.07, 6.45) is 4.16. The molecule has 0 spiro atoms. The number of nitrogens with zero attached hydrogens (tertiary/aromatic N) is 1. The quantitative estimate of drug-likeness (QED) is 0.608. The third kappa shape index (κ3) is 10.0. The van der Waals surface area contributed by atoms with E-state index in [1.807, 2.05) is 20.8 Å². The Morgan fingerprint density at radius 1 is 1.27 bits per heavy atom. The van der Waals surface area contributed by atoms with Gasteiger partial charge in [-0.05, 0) is 54.0 Å². The molecule has 22 heavy (non-hydrogen) atoms. The van der Waals surface area contributed by atoms with Crippen LogP contribution >= 0.6 is 0 Å². The van der Waals surface area contributed by atoms with Gasteiger partial charge < -0.3 is 15.8 Å². The van der Waals surface area contributed by atoms with Crippen molar-refractivity contribution in [2.75, 3.05) is 19.6 Å². The topological polar surface area (TPSA) is 67.6 Å². The van der Waals surface area contributed by atoms with Crippen molar-refractivity contribution in [2.45, 2.75) is 84.9 Å². The highest BCUT2D eigenvalue weighted by Gasteiger charge is 2.20. The van der Waals surface area contributed by atoms with Crippen molar-refractivity contribution in [3.05, 3.63) is 0 Å². The second-order valence-electron chi connectivity index (χ2n) is 7.15. The Labute approximate surface area is 137 Å². The lowest BCUT2D eigenvalue weighted by molar-refractivity contribution is 0.0519. The fraction of sp³-hybridized carbons (Fsp3) is 0.941. The van der Waals surface area contributed by atoms with Crippen LogP contribution in [0.25, 0.3) is 0 Å². The molecule has 1 unspecified atom stereocenters. The first-order valence-electron chi connectivity index (χ1n) is 8.64. The number of carbonyl (C=O) groups excluding carboxylic acids is 1. The molecule has 1 amide bonds. The van der Waals surface area contributed by atoms with Crippen molar-refractivity contribution < 1.29 is 9.53 Å². The van der Waals surface area contributed by atoms with Gasteiger partial charge in [-0.2, -0.15) is 0 Å². The first kappa shape index (κ1) is 21.2. The number of amides is 1. The minimum Gasteiger partial charge on any atom is -0.444 e. The highest BCUT2D eigenvalue weighted by molar-refractivity contribution is 5.67. The molecule has 0 saturated heterocycles. The smallest absolute Gasteiger partial charge is 0.407 e. The number of unbranched alkanes of at least 4 members (excludes halogenated alkanes) is 2. The van der Waals surface area contributed by atoms with E-state index in [1.165, 1.54) is 19.3 Å². The Balaban J connectivity index is 4.28. The summed E-state index contributed by atoms with van der Waals surface area (Å²) in [6.45, 7) is 14.5. The van der Waals surface area contributed by atoms with E-state index in [1.54, 1.807) is 0 Å². The van der Waals surface area contributed by atoms with Crippen LogP contribution in [0.3, 0.4) is 0 Å². The predicted molar refractivity (Wildman–Crippen MR) is 93.1 cm³/mol. The maximum Gasteiger partial charge on any atom is 0.407 e. The summed E-state index contributed by atoms with van der Waals surface area (Å²) in [7, 11) is 0. The lowest BCUT2D eigenvalue weighted by Gasteiger charge is -2.34. The Hall–Kier alpha value is -0.810. The van der Waals surface area contributed by atoms with Crippen molar-refractivity contribution in [3.63, 3.8) is 0 Å². The molecule has 0 heterocycles. The number of hydrogen-bond acceptors (Lipinski definition) is 4. The van der Waals surface area contributed by atoms with Gasteiger partial charge in [0.25, 0.3) is 0 Å². The monoisotopic (exact) mass is 315 g/mol. The second-order valence-corrected chi connectivity index (χ2v) is 7.15. The Morgan fingerprint density at radius 3 is 2.36 bits per heavy atom. The Kier molecular flexibility index (Phi) is 10.4. The largest absolute Gasteiger partial charge is 0.444 e. The van der Waals surface area contributed by atoms with Gasteiger partial charge in [-0.25, -0.2) is 4.79 Å². The lowest BCUT2D eigenvalue weighted by atomic mass is 10.1. The van der Waals surface area contributed by atoms with Crippen molar-refractivity contribution in [1.82, 2.24) is 10.2 Å². The highest BCUT2D eigenvalue weighted by Crippen LogP contribution is 2.11. The summed E-state index contributed by atoms with van der Waals surface area (Å²) in [5, 5.41) is 2.82. The minimum atomic E-state index is -0.457. The van der Waals surface area contributed by atoms with Crippen LogP contribution in [0.5, 0.6) is 0 Å². The van der Waals surface area contributed by atoms with Gasteiger partial charge in [-0.15, -0.1) is 0 Å². The summed E-state index contributed by atoms with van der Waals surface area (Å²) in [5.74, 6) is 0. The zero-order valence-electron chi connectivity index (χ0n) is 15.4. The van der Waals surface area contributed by atoms with E-state index >= 15 is 0 Å². The van der Waals surface area contributed by atoms with E-state index in [0.717, 1.165) is 13.0 Å². The van der Waals surface area contributed by atoms with Crippen LogP contribution in [0.2, 0.25) is 0 Å². The molecule has 0 aromatic carbocycles. The number of nitrogens with one attached hydrogen (secondary N) is 1. The first-order chi connectivity index (χ1) is 10.2. The molecule has 0 bridgehead atoms. The molecule has 132 valence electrons. The fourth-order valence-corrected chi connectivity index (χ4v) is 2.48. The molecule has 0 aromatic rings. The zero-order valence-corrected chi connectivity index (χ0v) is 15.4. The summed E-state index contributed by atoms with van der Waals surface area (Å²) >= 11 is 0. The van der Waals surface area contributed by atoms with Crippen LogP contribution in [-0.2, 0) is 4.74 Å². The van der Waals surface area contributed by atoms with Crippen LogP contribution < -0.4 is 11.1 Å². The molecule has 1 atom stereocenters. The average Bonchev–Trinajstić information content (AvgIpc) is 2.38. The average molecular weight is 316 g/mol.